The Morgan fingerprint density at radius 1 is 1.35 bits per heavy atom. The van der Waals surface area contributed by atoms with Gasteiger partial charge in [0.25, 0.3) is 0 Å². The molecule has 2 rings (SSSR count). The molecule has 0 spiro atoms. The van der Waals surface area contributed by atoms with Gasteiger partial charge >= 0.3 is 0 Å². The molecule has 7 nitrogen and oxygen atoms in total. The molecule has 0 amide bonds. The Morgan fingerprint density at radius 2 is 2.00 bits per heavy atom. The van der Waals surface area contributed by atoms with Crippen molar-refractivity contribution in [2.24, 2.45) is 0 Å². The second-order valence-electron chi connectivity index (χ2n) is 4.64. The standard InChI is InChI=1S/C12H17N5O2S/c1-10(8-13)20(18,19)17-6-4-16(5-7-17)11-2-3-12(14)15-9-11/h2-3,9-10H,4-7H2,1H3,(H2,14,15). The van der Waals surface area contributed by atoms with Crippen molar-refractivity contribution in [1.82, 2.24) is 9.29 Å². The van der Waals surface area contributed by atoms with Gasteiger partial charge in [-0.15, -0.1) is 0 Å². The van der Waals surface area contributed by atoms with Crippen molar-refractivity contribution in [3.05, 3.63) is 18.3 Å². The Balaban J connectivity index is 2.03. The molecule has 1 saturated heterocycles. The number of sulfonamides is 1. The smallest absolute Gasteiger partial charge is 0.230 e. The van der Waals surface area contributed by atoms with Crippen LogP contribution in [0.3, 0.4) is 0 Å². The maximum absolute atomic E-state index is 12.1. The Hall–Kier alpha value is -1.85. The van der Waals surface area contributed by atoms with Crippen LogP contribution < -0.4 is 10.6 Å². The summed E-state index contributed by atoms with van der Waals surface area (Å²) in [6.07, 6.45) is 1.68. The highest BCUT2D eigenvalue weighted by molar-refractivity contribution is 7.89. The predicted octanol–water partition coefficient (Wildman–Crippen LogP) is 0.0277. The molecule has 0 radical (unpaired) electrons. The van der Waals surface area contributed by atoms with E-state index < -0.39 is 15.3 Å². The topological polar surface area (TPSA) is 103 Å². The van der Waals surface area contributed by atoms with E-state index in [0.717, 1.165) is 5.69 Å². The number of nitrogens with zero attached hydrogens (tertiary/aromatic N) is 4. The second kappa shape index (κ2) is 5.64. The fourth-order valence-corrected chi connectivity index (χ4v) is 3.33. The van der Waals surface area contributed by atoms with Gasteiger partial charge < -0.3 is 10.6 Å². The van der Waals surface area contributed by atoms with Gasteiger partial charge in [-0.1, -0.05) is 0 Å². The lowest BCUT2D eigenvalue weighted by atomic mass is 10.3. The zero-order valence-electron chi connectivity index (χ0n) is 11.2. The van der Waals surface area contributed by atoms with Gasteiger partial charge in [-0.2, -0.15) is 9.57 Å². The first-order valence-corrected chi connectivity index (χ1v) is 7.80. The zero-order chi connectivity index (χ0) is 14.8. The third-order valence-corrected chi connectivity index (χ3v) is 5.45. The number of anilines is 2. The number of pyridine rings is 1. The lowest BCUT2D eigenvalue weighted by molar-refractivity contribution is 0.383. The number of hydrogen-bond donors (Lipinski definition) is 1. The molecule has 1 unspecified atom stereocenters. The molecule has 1 aromatic rings. The van der Waals surface area contributed by atoms with E-state index in [1.807, 2.05) is 6.07 Å². The normalized spacial score (nSPS) is 18.5. The first-order chi connectivity index (χ1) is 9.45. The maximum Gasteiger partial charge on any atom is 0.230 e. The van der Waals surface area contributed by atoms with Crippen molar-refractivity contribution >= 4 is 21.5 Å². The van der Waals surface area contributed by atoms with Gasteiger partial charge in [0.1, 0.15) is 5.82 Å². The lowest BCUT2D eigenvalue weighted by Gasteiger charge is -2.35. The fraction of sp³-hybridized carbons (Fsp3) is 0.500. The van der Waals surface area contributed by atoms with E-state index in [9.17, 15) is 8.42 Å². The SMILES string of the molecule is CC(C#N)S(=O)(=O)N1CCN(c2ccc(N)nc2)CC1. The molecule has 1 aliphatic rings. The number of nitriles is 1. The molecule has 8 heteroatoms. The summed E-state index contributed by atoms with van der Waals surface area (Å²) in [5, 5.41) is 7.76. The molecule has 0 bridgehead atoms. The van der Waals surface area contributed by atoms with E-state index >= 15 is 0 Å². The summed E-state index contributed by atoms with van der Waals surface area (Å²) in [6, 6.07) is 5.37. The van der Waals surface area contributed by atoms with Gasteiger partial charge in [0.05, 0.1) is 18.0 Å². The van der Waals surface area contributed by atoms with Crippen molar-refractivity contribution in [3.8, 4) is 6.07 Å². The van der Waals surface area contributed by atoms with Crippen LogP contribution in [0.2, 0.25) is 0 Å². The fourth-order valence-electron chi connectivity index (χ4n) is 2.08. The van der Waals surface area contributed by atoms with Crippen LogP contribution in [0.1, 0.15) is 6.92 Å². The summed E-state index contributed by atoms with van der Waals surface area (Å²) >= 11 is 0. The average Bonchev–Trinajstić information content (AvgIpc) is 2.47. The predicted molar refractivity (Wildman–Crippen MR) is 76.4 cm³/mol. The van der Waals surface area contributed by atoms with Crippen LogP contribution in [-0.2, 0) is 10.0 Å². The molecule has 2 heterocycles. The van der Waals surface area contributed by atoms with Crippen LogP contribution in [0.4, 0.5) is 11.5 Å². The second-order valence-corrected chi connectivity index (χ2v) is 6.90. The summed E-state index contributed by atoms with van der Waals surface area (Å²) in [5.74, 6) is 0.456. The quantitative estimate of drug-likeness (QED) is 0.843. The Morgan fingerprint density at radius 3 is 2.50 bits per heavy atom. The van der Waals surface area contributed by atoms with Gasteiger partial charge in [0, 0.05) is 26.2 Å². The first kappa shape index (κ1) is 14.6. The molecule has 0 aromatic carbocycles. The number of piperazine rings is 1. The van der Waals surface area contributed by atoms with Gasteiger partial charge in [0.2, 0.25) is 10.0 Å². The van der Waals surface area contributed by atoms with Crippen LogP contribution in [0.5, 0.6) is 0 Å². The molecule has 1 aromatic heterocycles. The van der Waals surface area contributed by atoms with Crippen molar-refractivity contribution < 1.29 is 8.42 Å². The minimum Gasteiger partial charge on any atom is -0.384 e. The summed E-state index contributed by atoms with van der Waals surface area (Å²) < 4.78 is 25.5. The largest absolute Gasteiger partial charge is 0.384 e. The van der Waals surface area contributed by atoms with Gasteiger partial charge in [-0.25, -0.2) is 13.4 Å². The summed E-state index contributed by atoms with van der Waals surface area (Å²) in [7, 11) is -3.51. The molecule has 2 N–H and O–H groups in total. The summed E-state index contributed by atoms with van der Waals surface area (Å²) in [4.78, 5) is 6.08. The molecular formula is C12H17N5O2S. The highest BCUT2D eigenvalue weighted by Crippen LogP contribution is 2.18. The zero-order valence-corrected chi connectivity index (χ0v) is 12.0. The lowest BCUT2D eigenvalue weighted by Crippen LogP contribution is -2.50. The van der Waals surface area contributed by atoms with Crippen LogP contribution in [-0.4, -0.2) is 49.1 Å². The molecule has 1 atom stereocenters. The van der Waals surface area contributed by atoms with Gasteiger partial charge in [0.15, 0.2) is 5.25 Å². The first-order valence-electron chi connectivity index (χ1n) is 6.30. The van der Waals surface area contributed by atoms with Gasteiger partial charge in [-0.05, 0) is 19.1 Å². The van der Waals surface area contributed by atoms with Gasteiger partial charge in [-0.3, -0.25) is 0 Å². The molecule has 1 aliphatic heterocycles. The molecule has 0 saturated carbocycles. The van der Waals surface area contributed by atoms with E-state index in [1.165, 1.54) is 11.2 Å². The number of aromatic nitrogens is 1. The molecular weight excluding hydrogens is 278 g/mol. The monoisotopic (exact) mass is 295 g/mol. The third kappa shape index (κ3) is 2.84. The molecule has 0 aliphatic carbocycles. The van der Waals surface area contributed by atoms with Crippen LogP contribution in [0.25, 0.3) is 0 Å². The number of rotatable bonds is 3. The van der Waals surface area contributed by atoms with E-state index in [2.05, 4.69) is 9.88 Å². The van der Waals surface area contributed by atoms with Crippen LogP contribution in [0.15, 0.2) is 18.3 Å². The average molecular weight is 295 g/mol. The molecule has 20 heavy (non-hydrogen) atoms. The Labute approximate surface area is 118 Å². The van der Waals surface area contributed by atoms with E-state index in [1.54, 1.807) is 18.3 Å². The van der Waals surface area contributed by atoms with E-state index in [-0.39, 0.29) is 0 Å². The van der Waals surface area contributed by atoms with E-state index in [4.69, 9.17) is 11.0 Å². The van der Waals surface area contributed by atoms with E-state index in [0.29, 0.717) is 32.0 Å². The van der Waals surface area contributed by atoms with Crippen molar-refractivity contribution in [2.75, 3.05) is 36.8 Å². The molecule has 108 valence electrons. The Bertz CT molecular complexity index is 600. The highest BCUT2D eigenvalue weighted by atomic mass is 32.2. The van der Waals surface area contributed by atoms with Crippen LogP contribution >= 0.6 is 0 Å². The maximum atomic E-state index is 12.1. The van der Waals surface area contributed by atoms with Crippen molar-refractivity contribution in [3.63, 3.8) is 0 Å². The van der Waals surface area contributed by atoms with Crippen molar-refractivity contribution in [2.45, 2.75) is 12.2 Å². The number of nitrogens with two attached hydrogens (primary N) is 1. The third-order valence-electron chi connectivity index (χ3n) is 3.36. The highest BCUT2D eigenvalue weighted by Gasteiger charge is 2.31. The minimum absolute atomic E-state index is 0.374. The Kier molecular flexibility index (Phi) is 4.11. The summed E-state index contributed by atoms with van der Waals surface area (Å²) in [6.45, 7) is 3.30. The minimum atomic E-state index is -3.51. The summed E-state index contributed by atoms with van der Waals surface area (Å²) in [5.41, 5.74) is 6.46. The van der Waals surface area contributed by atoms with Crippen molar-refractivity contribution in [1.29, 1.82) is 5.26 Å². The molecule has 1 fully saturated rings. The number of hydrogen-bond acceptors (Lipinski definition) is 6. The number of nitrogen functional groups attached to an aromatic ring is 1. The van der Waals surface area contributed by atoms with Crippen LogP contribution in [0, 0.1) is 11.3 Å².